The summed E-state index contributed by atoms with van der Waals surface area (Å²) in [5, 5.41) is 4.24. The van der Waals surface area contributed by atoms with Crippen LogP contribution in [0.25, 0.3) is 11.3 Å². The third-order valence-electron chi connectivity index (χ3n) is 4.21. The van der Waals surface area contributed by atoms with Crippen LogP contribution in [0.5, 0.6) is 5.75 Å². The second kappa shape index (κ2) is 7.54. The van der Waals surface area contributed by atoms with Gasteiger partial charge in [-0.1, -0.05) is 20.8 Å². The lowest BCUT2D eigenvalue weighted by molar-refractivity contribution is 0.0506. The van der Waals surface area contributed by atoms with Gasteiger partial charge in [0.05, 0.1) is 5.69 Å². The molecule has 0 unspecified atom stereocenters. The molecule has 0 aliphatic rings. The average molecular weight is 400 g/mol. The first kappa shape index (κ1) is 21.9. The van der Waals surface area contributed by atoms with Crippen LogP contribution < -0.4 is 9.99 Å². The number of hydrogen-bond acceptors (Lipinski definition) is 5. The van der Waals surface area contributed by atoms with Crippen molar-refractivity contribution >= 4 is 16.6 Å². The molecule has 0 amide bonds. The van der Waals surface area contributed by atoms with Gasteiger partial charge in [-0.2, -0.15) is 5.10 Å². The van der Waals surface area contributed by atoms with Gasteiger partial charge in [0.2, 0.25) is 0 Å². The highest BCUT2D eigenvalue weighted by molar-refractivity contribution is 6.01. The first-order valence-corrected chi connectivity index (χ1v) is 9.49. The normalized spacial score (nSPS) is 12.0. The topological polar surface area (TPSA) is 70.4 Å². The summed E-state index contributed by atoms with van der Waals surface area (Å²) in [6.07, 6.45) is -0.819. The Hall–Kier alpha value is -2.41. The average Bonchev–Trinajstić information content (AvgIpc) is 2.51. The number of aromatic nitrogens is 2. The Morgan fingerprint density at radius 1 is 1.11 bits per heavy atom. The zero-order valence-electron chi connectivity index (χ0n) is 17.8. The van der Waals surface area contributed by atoms with Crippen molar-refractivity contribution in [1.29, 1.82) is 0 Å². The Morgan fingerprint density at radius 3 is 2.21 bits per heavy atom. The monoisotopic (exact) mass is 399 g/mol. The molecule has 1 aromatic heterocycles. The van der Waals surface area contributed by atoms with Gasteiger partial charge in [0.15, 0.2) is 0 Å². The van der Waals surface area contributed by atoms with Gasteiger partial charge in [0, 0.05) is 11.6 Å². The van der Waals surface area contributed by atoms with Gasteiger partial charge in [-0.25, -0.2) is 4.79 Å². The number of ether oxygens (including phenoxy) is 1. The highest BCUT2D eigenvalue weighted by atomic mass is 28.2. The lowest BCUT2D eigenvalue weighted by atomic mass is 9.80. The van der Waals surface area contributed by atoms with Crippen molar-refractivity contribution in [3.8, 4) is 17.0 Å². The molecule has 0 aliphatic heterocycles. The second-order valence-electron chi connectivity index (χ2n) is 8.87. The van der Waals surface area contributed by atoms with E-state index in [1.54, 1.807) is 26.8 Å². The number of hydrogen-bond donors (Lipinski definition) is 0. The number of aryl methyl sites for hydroxylation is 1. The quantitative estimate of drug-likeness (QED) is 0.712. The van der Waals surface area contributed by atoms with E-state index in [4.69, 9.17) is 9.16 Å². The fraction of sp³-hybridized carbons (Fsp3) is 0.476. The highest BCUT2D eigenvalue weighted by Gasteiger charge is 2.25. The Balaban J connectivity index is 2.68. The Morgan fingerprint density at radius 2 is 1.71 bits per heavy atom. The highest BCUT2D eigenvalue weighted by Crippen LogP contribution is 2.40. The van der Waals surface area contributed by atoms with Crippen molar-refractivity contribution in [2.75, 3.05) is 0 Å². The molecule has 0 spiro atoms. The Bertz CT molecular complexity index is 966. The summed E-state index contributed by atoms with van der Waals surface area (Å²) in [6.45, 7) is 15.6. The fourth-order valence-electron chi connectivity index (χ4n) is 3.43. The first-order valence-electron chi connectivity index (χ1n) is 9.08. The first-order chi connectivity index (χ1) is 12.8. The summed E-state index contributed by atoms with van der Waals surface area (Å²) >= 11 is 0. The Labute approximate surface area is 169 Å². The lowest BCUT2D eigenvalue weighted by Gasteiger charge is -2.27. The molecule has 0 fully saturated rings. The smallest absolute Gasteiger partial charge is 0.438 e. The molecule has 149 valence electrons. The number of benzene rings is 1. The maximum Gasteiger partial charge on any atom is 0.438 e. The second-order valence-corrected chi connectivity index (χ2v) is 9.08. The van der Waals surface area contributed by atoms with Gasteiger partial charge >= 0.3 is 16.6 Å². The van der Waals surface area contributed by atoms with E-state index in [1.807, 2.05) is 19.9 Å². The van der Waals surface area contributed by atoms with E-state index in [9.17, 15) is 9.59 Å². The minimum absolute atomic E-state index is 0.0745. The van der Waals surface area contributed by atoms with Gasteiger partial charge in [0.25, 0.3) is 5.56 Å². The van der Waals surface area contributed by atoms with E-state index in [2.05, 4.69) is 36.4 Å². The van der Waals surface area contributed by atoms with Crippen LogP contribution in [0.15, 0.2) is 23.0 Å². The molecule has 0 aliphatic carbocycles. The number of carbonyl (C=O) groups is 1. The van der Waals surface area contributed by atoms with Gasteiger partial charge in [-0.15, -0.1) is 4.68 Å². The maximum atomic E-state index is 12.4. The molecule has 0 N–H and O–H groups in total. The standard InChI is InChI=1S/C21H27N2O4Si/c1-12-11-14(18(27-28)13(2)17(12)20(3,4)5)15-9-10-16(24)23(22-15)19(25)26-21(6,7)8/h9-11H,1-8H3. The molecule has 1 heterocycles. The minimum atomic E-state index is -0.819. The Kier molecular flexibility index (Phi) is 5.89. The van der Waals surface area contributed by atoms with Crippen molar-refractivity contribution in [2.24, 2.45) is 0 Å². The van der Waals surface area contributed by atoms with Crippen LogP contribution >= 0.6 is 0 Å². The van der Waals surface area contributed by atoms with Crippen molar-refractivity contribution in [1.82, 2.24) is 9.78 Å². The van der Waals surface area contributed by atoms with Crippen LogP contribution in [0, 0.1) is 13.8 Å². The molecule has 6 nitrogen and oxygen atoms in total. The summed E-state index contributed by atoms with van der Waals surface area (Å²) < 4.78 is 11.5. The van der Waals surface area contributed by atoms with Crippen LogP contribution in [0.1, 0.15) is 58.2 Å². The van der Waals surface area contributed by atoms with Gasteiger partial charge in [-0.3, -0.25) is 4.79 Å². The van der Waals surface area contributed by atoms with Crippen LogP contribution in [-0.2, 0) is 10.2 Å². The lowest BCUT2D eigenvalue weighted by Crippen LogP contribution is -2.35. The molecule has 2 aromatic rings. The van der Waals surface area contributed by atoms with E-state index in [1.165, 1.54) is 11.6 Å². The summed E-state index contributed by atoms with van der Waals surface area (Å²) in [5.74, 6) is 0.592. The zero-order chi connectivity index (χ0) is 21.4. The SMILES string of the molecule is Cc1cc(-c2ccc(=O)n(C(=O)OC(C)(C)C)n2)c(O[Si])c(C)c1C(C)(C)C. The summed E-state index contributed by atoms with van der Waals surface area (Å²) in [4.78, 5) is 24.5. The predicted octanol–water partition coefficient (Wildman–Crippen LogP) is 4.07. The molecule has 1 aromatic carbocycles. The van der Waals surface area contributed by atoms with E-state index in [0.717, 1.165) is 15.8 Å². The van der Waals surface area contributed by atoms with E-state index < -0.39 is 17.3 Å². The summed E-state index contributed by atoms with van der Waals surface area (Å²) in [5.41, 5.74) is 2.96. The molecule has 0 bridgehead atoms. The van der Waals surface area contributed by atoms with Crippen molar-refractivity contribution in [3.05, 3.63) is 45.2 Å². The van der Waals surface area contributed by atoms with Crippen LogP contribution in [0.3, 0.4) is 0 Å². The van der Waals surface area contributed by atoms with Gasteiger partial charge in [-0.05, 0) is 68.9 Å². The minimum Gasteiger partial charge on any atom is -0.540 e. The van der Waals surface area contributed by atoms with Gasteiger partial charge in [0.1, 0.15) is 11.4 Å². The molecule has 7 heteroatoms. The third kappa shape index (κ3) is 4.52. The molecule has 3 radical (unpaired) electrons. The molecule has 0 saturated carbocycles. The molecular weight excluding hydrogens is 372 g/mol. The number of carbonyl (C=O) groups excluding carboxylic acids is 1. The van der Waals surface area contributed by atoms with E-state index >= 15 is 0 Å². The van der Waals surface area contributed by atoms with Crippen LogP contribution in [-0.4, -0.2) is 32.0 Å². The summed E-state index contributed by atoms with van der Waals surface area (Å²) in [7, 11) is 3.15. The van der Waals surface area contributed by atoms with Gasteiger partial charge < -0.3 is 9.16 Å². The van der Waals surface area contributed by atoms with Crippen LogP contribution in [0.4, 0.5) is 4.79 Å². The molecule has 0 atom stereocenters. The van der Waals surface area contributed by atoms with Crippen LogP contribution in [0.2, 0.25) is 0 Å². The summed E-state index contributed by atoms with van der Waals surface area (Å²) in [6, 6.07) is 4.82. The third-order valence-corrected chi connectivity index (χ3v) is 4.41. The molecule has 2 rings (SSSR count). The molecular formula is C21H27N2O4Si. The largest absolute Gasteiger partial charge is 0.540 e. The molecule has 0 saturated heterocycles. The number of rotatable bonds is 2. The molecule has 28 heavy (non-hydrogen) atoms. The van der Waals surface area contributed by atoms with Crippen molar-refractivity contribution in [2.45, 2.75) is 66.4 Å². The maximum absolute atomic E-state index is 12.4. The fourth-order valence-corrected chi connectivity index (χ4v) is 3.70. The van der Waals surface area contributed by atoms with E-state index in [-0.39, 0.29) is 5.41 Å². The van der Waals surface area contributed by atoms with Crippen molar-refractivity contribution < 1.29 is 14.0 Å². The van der Waals surface area contributed by atoms with Crippen molar-refractivity contribution in [3.63, 3.8) is 0 Å². The van der Waals surface area contributed by atoms with E-state index in [0.29, 0.717) is 17.0 Å². The predicted molar refractivity (Wildman–Crippen MR) is 110 cm³/mol. The zero-order valence-corrected chi connectivity index (χ0v) is 18.8. The number of nitrogens with zero attached hydrogens (tertiary/aromatic N) is 2.